The quantitative estimate of drug-likeness (QED) is 0.459. The van der Waals surface area contributed by atoms with Gasteiger partial charge in [0.25, 0.3) is 0 Å². The highest BCUT2D eigenvalue weighted by Crippen LogP contribution is 2.48. The van der Waals surface area contributed by atoms with Crippen LogP contribution in [0.25, 0.3) is 0 Å². The van der Waals surface area contributed by atoms with Gasteiger partial charge in [-0.1, -0.05) is 19.4 Å². The van der Waals surface area contributed by atoms with Gasteiger partial charge in [0.15, 0.2) is 0 Å². The minimum Gasteiger partial charge on any atom is -0.359 e. The lowest BCUT2D eigenvalue weighted by atomic mass is 11.3. The van der Waals surface area contributed by atoms with Crippen molar-refractivity contribution in [3.05, 3.63) is 12.4 Å². The van der Waals surface area contributed by atoms with Gasteiger partial charge in [-0.05, 0) is 0 Å². The van der Waals surface area contributed by atoms with Crippen molar-refractivity contribution in [3.8, 4) is 25.1 Å². The summed E-state index contributed by atoms with van der Waals surface area (Å²) in [4.78, 5) is 0. The van der Waals surface area contributed by atoms with Gasteiger partial charge in [-0.2, -0.15) is 0 Å². The van der Waals surface area contributed by atoms with Gasteiger partial charge in [0.05, 0.1) is 0 Å². The first-order chi connectivity index (χ1) is 4.68. The van der Waals surface area contributed by atoms with Gasteiger partial charge in [0, 0.05) is 5.82 Å². The molecule has 52 valence electrons. The zero-order valence-electron chi connectivity index (χ0n) is 5.11. The molecule has 0 aliphatic carbocycles. The van der Waals surface area contributed by atoms with Crippen LogP contribution in [0.15, 0.2) is 12.4 Å². The van der Waals surface area contributed by atoms with Crippen LogP contribution in [0.4, 0.5) is 0 Å². The summed E-state index contributed by atoms with van der Waals surface area (Å²) in [7, 11) is -3.41. The number of terminal acetylenes is 2. The number of rotatable bonds is 3. The largest absolute Gasteiger partial charge is 0.471 e. The Bertz CT molecular complexity index is 223. The Balaban J connectivity index is 4.31. The van der Waals surface area contributed by atoms with E-state index in [1.54, 1.807) is 12.2 Å². The molecule has 0 unspecified atom stereocenters. The highest BCUT2D eigenvalue weighted by molar-refractivity contribution is 7.57. The Labute approximate surface area is 59.6 Å². The molecule has 0 N–H and O–H groups in total. The van der Waals surface area contributed by atoms with E-state index in [-0.39, 0.29) is 0 Å². The number of hydrogen-bond acceptors (Lipinski definition) is 3. The molecule has 0 atom stereocenters. The lowest BCUT2D eigenvalue weighted by Gasteiger charge is -2.04. The molecule has 0 saturated carbocycles. The van der Waals surface area contributed by atoms with Crippen molar-refractivity contribution < 1.29 is 13.6 Å². The second kappa shape index (κ2) is 3.67. The van der Waals surface area contributed by atoms with E-state index in [9.17, 15) is 4.57 Å². The second-order valence-electron chi connectivity index (χ2n) is 1.14. The summed E-state index contributed by atoms with van der Waals surface area (Å²) >= 11 is 0. The molecule has 0 radical (unpaired) electrons. The minimum atomic E-state index is -3.41. The Kier molecular flexibility index (Phi) is 3.19. The molecule has 0 aromatic carbocycles. The fraction of sp³-hybridized carbons (Fsp3) is 0. The third-order valence-corrected chi connectivity index (χ3v) is 1.75. The zero-order chi connectivity index (χ0) is 8.04. The van der Waals surface area contributed by atoms with Gasteiger partial charge in [-0.15, -0.1) is 0 Å². The Morgan fingerprint density at radius 2 is 1.80 bits per heavy atom. The summed E-state index contributed by atoms with van der Waals surface area (Å²) in [6, 6.07) is 0. The van der Waals surface area contributed by atoms with Crippen LogP contribution in [0.1, 0.15) is 0 Å². The van der Waals surface area contributed by atoms with Crippen LogP contribution in [-0.2, 0) is 13.6 Å². The van der Waals surface area contributed by atoms with Crippen LogP contribution in [-0.4, -0.2) is 0 Å². The molecule has 0 spiro atoms. The van der Waals surface area contributed by atoms with Crippen LogP contribution < -0.4 is 0 Å². The van der Waals surface area contributed by atoms with Crippen molar-refractivity contribution in [3.63, 3.8) is 0 Å². The van der Waals surface area contributed by atoms with Gasteiger partial charge in [0.2, 0.25) is 0 Å². The van der Waals surface area contributed by atoms with Gasteiger partial charge >= 0.3 is 7.60 Å². The van der Waals surface area contributed by atoms with Crippen LogP contribution in [0.2, 0.25) is 0 Å². The predicted molar refractivity (Wildman–Crippen MR) is 37.6 cm³/mol. The molecule has 0 aliphatic rings. The highest BCUT2D eigenvalue weighted by Gasteiger charge is 2.19. The summed E-state index contributed by atoms with van der Waals surface area (Å²) < 4.78 is 19.4. The molecule has 10 heavy (non-hydrogen) atoms. The first-order valence-electron chi connectivity index (χ1n) is 2.20. The maximum absolute atomic E-state index is 10.9. The van der Waals surface area contributed by atoms with Crippen LogP contribution >= 0.6 is 7.60 Å². The average molecular weight is 156 g/mol. The van der Waals surface area contributed by atoms with Crippen molar-refractivity contribution in [1.29, 1.82) is 0 Å². The van der Waals surface area contributed by atoms with Gasteiger partial charge in [-0.25, -0.2) is 4.57 Å². The van der Waals surface area contributed by atoms with Gasteiger partial charge in [0.1, 0.15) is 12.2 Å². The first kappa shape index (κ1) is 8.69. The fourth-order valence-corrected chi connectivity index (χ4v) is 0.720. The molecule has 3 nitrogen and oxygen atoms in total. The highest BCUT2D eigenvalue weighted by atomic mass is 31.2. The minimum absolute atomic E-state index is 0.937. The maximum Gasteiger partial charge on any atom is 0.471 e. The second-order valence-corrected chi connectivity index (χ2v) is 2.95. The van der Waals surface area contributed by atoms with Crippen LogP contribution in [0, 0.1) is 25.1 Å². The van der Waals surface area contributed by atoms with Crippen molar-refractivity contribution in [1.82, 2.24) is 0 Å². The van der Waals surface area contributed by atoms with E-state index in [1.165, 1.54) is 0 Å². The van der Waals surface area contributed by atoms with Gasteiger partial charge in [-0.3, -0.25) is 0 Å². The molecule has 4 heteroatoms. The van der Waals surface area contributed by atoms with E-state index in [4.69, 9.17) is 0 Å². The average Bonchev–Trinajstić information content (AvgIpc) is 1.89. The monoisotopic (exact) mass is 156 g/mol. The summed E-state index contributed by atoms with van der Waals surface area (Å²) in [5.74, 6) is 0.937. The summed E-state index contributed by atoms with van der Waals surface area (Å²) in [5, 5.41) is 0. The molecule has 0 aromatic rings. The lowest BCUT2D eigenvalue weighted by Crippen LogP contribution is -1.80. The molecule has 0 bridgehead atoms. The van der Waals surface area contributed by atoms with E-state index < -0.39 is 7.60 Å². The molecule has 0 aliphatic heterocycles. The van der Waals surface area contributed by atoms with Crippen LogP contribution in [0.3, 0.4) is 0 Å². The standard InChI is InChI=1S/C6H5O3P/c1-4-8-10(7,6-3)9-5-2/h1-2,6H,3H2. The zero-order valence-corrected chi connectivity index (χ0v) is 6.01. The van der Waals surface area contributed by atoms with Crippen molar-refractivity contribution >= 4 is 7.60 Å². The van der Waals surface area contributed by atoms with Crippen molar-refractivity contribution in [2.24, 2.45) is 0 Å². The van der Waals surface area contributed by atoms with Gasteiger partial charge < -0.3 is 9.05 Å². The lowest BCUT2D eigenvalue weighted by molar-refractivity contribution is 0.366. The van der Waals surface area contributed by atoms with Crippen molar-refractivity contribution in [2.45, 2.75) is 0 Å². The third kappa shape index (κ3) is 2.31. The summed E-state index contributed by atoms with van der Waals surface area (Å²) in [6.07, 6.45) is 12.7. The topological polar surface area (TPSA) is 35.5 Å². The third-order valence-electron chi connectivity index (χ3n) is 0.583. The Hall–Kier alpha value is -1.31. The molecular formula is C6H5O3P. The predicted octanol–water partition coefficient (Wildman–Crippen LogP) is 1.54. The summed E-state index contributed by atoms with van der Waals surface area (Å²) in [6.45, 7) is 3.17. The summed E-state index contributed by atoms with van der Waals surface area (Å²) in [5.41, 5.74) is 0. The smallest absolute Gasteiger partial charge is 0.359 e. The fourth-order valence-electron chi connectivity index (χ4n) is 0.240. The molecule has 0 amide bonds. The Morgan fingerprint density at radius 1 is 1.40 bits per heavy atom. The normalized spacial score (nSPS) is 8.60. The molecule has 0 rings (SSSR count). The number of hydrogen-bond donors (Lipinski definition) is 0. The van der Waals surface area contributed by atoms with Crippen LogP contribution in [0.5, 0.6) is 0 Å². The Morgan fingerprint density at radius 3 is 2.00 bits per heavy atom. The SMILES string of the molecule is C#COP(=O)(C=C)OC#C. The van der Waals surface area contributed by atoms with E-state index in [0.29, 0.717) is 0 Å². The molecular weight excluding hydrogens is 151 g/mol. The van der Waals surface area contributed by atoms with E-state index in [1.807, 2.05) is 0 Å². The molecule has 0 fully saturated rings. The van der Waals surface area contributed by atoms with E-state index in [0.717, 1.165) is 5.82 Å². The molecule has 0 saturated heterocycles. The van der Waals surface area contributed by atoms with Crippen molar-refractivity contribution in [2.75, 3.05) is 0 Å². The molecule has 0 heterocycles. The first-order valence-corrected chi connectivity index (χ1v) is 3.81. The maximum atomic E-state index is 10.9. The van der Waals surface area contributed by atoms with E-state index in [2.05, 4.69) is 28.5 Å². The molecule has 0 aromatic heterocycles. The van der Waals surface area contributed by atoms with E-state index >= 15 is 0 Å².